The molecule has 0 bridgehead atoms. The van der Waals surface area contributed by atoms with Crippen molar-refractivity contribution < 1.29 is 23.9 Å². The third-order valence-corrected chi connectivity index (χ3v) is 4.10. The zero-order chi connectivity index (χ0) is 18.7. The molecule has 26 heavy (non-hydrogen) atoms. The number of benzene rings is 1. The largest absolute Gasteiger partial charge is 0.476 e. The molecule has 9 heteroatoms. The minimum absolute atomic E-state index is 0.0409. The Balaban J connectivity index is 1.50. The van der Waals surface area contributed by atoms with Crippen LogP contribution in [0.4, 0.5) is 4.39 Å². The highest BCUT2D eigenvalue weighted by molar-refractivity contribution is 5.94. The highest BCUT2D eigenvalue weighted by Gasteiger charge is 2.23. The lowest BCUT2D eigenvalue weighted by atomic mass is 10.2. The summed E-state index contributed by atoms with van der Waals surface area (Å²) in [6.45, 7) is 1.30. The monoisotopic (exact) mass is 360 g/mol. The zero-order valence-corrected chi connectivity index (χ0v) is 13.8. The number of aromatic nitrogens is 2. The molecule has 1 aliphatic rings. The topological polar surface area (TPSA) is 105 Å². The standard InChI is InChI=1S/C17H17FN4O4/c18-12-3-1-11(2-4-12)16(24)19-6-5-15(23)21-7-8-22-13(10-21)9-14(20-22)17(25)26/h1-4,9H,5-8,10H2,(H,19,24)(H,25,26). The molecule has 1 aromatic carbocycles. The number of amides is 2. The Morgan fingerprint density at radius 2 is 1.92 bits per heavy atom. The van der Waals surface area contributed by atoms with Crippen LogP contribution in [-0.4, -0.2) is 50.7 Å². The Bertz CT molecular complexity index is 847. The molecule has 3 rings (SSSR count). The maximum absolute atomic E-state index is 12.8. The molecule has 2 N–H and O–H groups in total. The molecule has 2 heterocycles. The SMILES string of the molecule is O=C(NCCC(=O)N1CCn2nc(C(=O)O)cc2C1)c1ccc(F)cc1. The van der Waals surface area contributed by atoms with Crippen molar-refractivity contribution in [1.29, 1.82) is 0 Å². The van der Waals surface area contributed by atoms with Gasteiger partial charge in [0.05, 0.1) is 18.8 Å². The smallest absolute Gasteiger partial charge is 0.356 e. The van der Waals surface area contributed by atoms with Crippen LogP contribution in [0.5, 0.6) is 0 Å². The molecule has 0 saturated carbocycles. The molecular formula is C17H17FN4O4. The van der Waals surface area contributed by atoms with Crippen LogP contribution < -0.4 is 5.32 Å². The summed E-state index contributed by atoms with van der Waals surface area (Å²) in [6, 6.07) is 6.60. The predicted molar refractivity (Wildman–Crippen MR) is 88.0 cm³/mol. The van der Waals surface area contributed by atoms with Crippen LogP contribution in [0.3, 0.4) is 0 Å². The Labute approximate surface area is 148 Å². The van der Waals surface area contributed by atoms with Gasteiger partial charge in [0.25, 0.3) is 5.91 Å². The summed E-state index contributed by atoms with van der Waals surface area (Å²) < 4.78 is 14.4. The predicted octanol–water partition coefficient (Wildman–Crippen LogP) is 0.883. The Kier molecular flexibility index (Phi) is 4.97. The van der Waals surface area contributed by atoms with Crippen molar-refractivity contribution >= 4 is 17.8 Å². The van der Waals surface area contributed by atoms with E-state index in [2.05, 4.69) is 10.4 Å². The maximum Gasteiger partial charge on any atom is 0.356 e. The van der Waals surface area contributed by atoms with Gasteiger partial charge in [0.1, 0.15) is 5.82 Å². The van der Waals surface area contributed by atoms with Gasteiger partial charge in [-0.25, -0.2) is 9.18 Å². The molecule has 0 fully saturated rings. The minimum atomic E-state index is -1.10. The Morgan fingerprint density at radius 1 is 1.19 bits per heavy atom. The van der Waals surface area contributed by atoms with Crippen molar-refractivity contribution in [1.82, 2.24) is 20.0 Å². The normalized spacial score (nSPS) is 13.2. The van der Waals surface area contributed by atoms with E-state index in [0.717, 1.165) is 0 Å². The molecule has 1 aliphatic heterocycles. The van der Waals surface area contributed by atoms with Crippen LogP contribution in [0.1, 0.15) is 33.0 Å². The number of fused-ring (bicyclic) bond motifs is 1. The number of carboxylic acid groups (broad SMARTS) is 1. The number of hydrogen-bond acceptors (Lipinski definition) is 4. The van der Waals surface area contributed by atoms with Crippen LogP contribution >= 0.6 is 0 Å². The van der Waals surface area contributed by atoms with Gasteiger partial charge in [-0.15, -0.1) is 0 Å². The van der Waals surface area contributed by atoms with Crippen molar-refractivity contribution in [3.8, 4) is 0 Å². The second-order valence-electron chi connectivity index (χ2n) is 5.88. The molecule has 0 spiro atoms. The van der Waals surface area contributed by atoms with Crippen LogP contribution in [0, 0.1) is 5.82 Å². The van der Waals surface area contributed by atoms with E-state index in [1.807, 2.05) is 0 Å². The molecule has 0 radical (unpaired) electrons. The number of carbonyl (C=O) groups excluding carboxylic acids is 2. The fourth-order valence-electron chi connectivity index (χ4n) is 2.73. The van der Waals surface area contributed by atoms with E-state index < -0.39 is 11.8 Å². The molecule has 136 valence electrons. The van der Waals surface area contributed by atoms with E-state index in [4.69, 9.17) is 5.11 Å². The summed E-state index contributed by atoms with van der Waals surface area (Å²) in [7, 11) is 0. The van der Waals surface area contributed by atoms with Gasteiger partial charge >= 0.3 is 5.97 Å². The Hall–Kier alpha value is -3.23. The van der Waals surface area contributed by atoms with Gasteiger partial charge in [0.2, 0.25) is 5.91 Å². The lowest BCUT2D eigenvalue weighted by Gasteiger charge is -2.27. The van der Waals surface area contributed by atoms with Crippen molar-refractivity contribution in [3.63, 3.8) is 0 Å². The summed E-state index contributed by atoms with van der Waals surface area (Å²) >= 11 is 0. The number of rotatable bonds is 5. The first-order valence-electron chi connectivity index (χ1n) is 8.05. The van der Waals surface area contributed by atoms with Gasteiger partial charge in [-0.2, -0.15) is 5.10 Å². The molecule has 8 nitrogen and oxygen atoms in total. The van der Waals surface area contributed by atoms with Crippen LogP contribution in [0.25, 0.3) is 0 Å². The molecule has 2 aromatic rings. The van der Waals surface area contributed by atoms with Crippen molar-refractivity contribution in [2.75, 3.05) is 13.1 Å². The van der Waals surface area contributed by atoms with Gasteiger partial charge in [0.15, 0.2) is 5.69 Å². The van der Waals surface area contributed by atoms with E-state index in [0.29, 0.717) is 24.3 Å². The van der Waals surface area contributed by atoms with Crippen LogP contribution in [-0.2, 0) is 17.9 Å². The van der Waals surface area contributed by atoms with Crippen molar-refractivity contribution in [2.45, 2.75) is 19.5 Å². The fourth-order valence-corrected chi connectivity index (χ4v) is 2.73. The quantitative estimate of drug-likeness (QED) is 0.824. The molecule has 0 saturated heterocycles. The number of nitrogens with one attached hydrogen (secondary N) is 1. The minimum Gasteiger partial charge on any atom is -0.476 e. The summed E-state index contributed by atoms with van der Waals surface area (Å²) in [5.41, 5.74) is 0.945. The second-order valence-corrected chi connectivity index (χ2v) is 5.88. The molecule has 0 unspecified atom stereocenters. The van der Waals surface area contributed by atoms with Gasteiger partial charge in [0, 0.05) is 25.1 Å². The van der Waals surface area contributed by atoms with Crippen LogP contribution in [0.15, 0.2) is 30.3 Å². The summed E-state index contributed by atoms with van der Waals surface area (Å²) in [5.74, 6) is -2.05. The molecular weight excluding hydrogens is 343 g/mol. The van der Waals surface area contributed by atoms with E-state index >= 15 is 0 Å². The average molecular weight is 360 g/mol. The highest BCUT2D eigenvalue weighted by atomic mass is 19.1. The maximum atomic E-state index is 12.8. The van der Waals surface area contributed by atoms with Gasteiger partial charge < -0.3 is 15.3 Å². The third-order valence-electron chi connectivity index (χ3n) is 4.10. The summed E-state index contributed by atoms with van der Waals surface area (Å²) in [6.07, 6.45) is 0.118. The molecule has 1 aromatic heterocycles. The fraction of sp³-hybridized carbons (Fsp3) is 0.294. The highest BCUT2D eigenvalue weighted by Crippen LogP contribution is 2.14. The first-order valence-corrected chi connectivity index (χ1v) is 8.05. The first kappa shape index (κ1) is 17.6. The average Bonchev–Trinajstić information content (AvgIpc) is 3.05. The lowest BCUT2D eigenvalue weighted by molar-refractivity contribution is -0.132. The van der Waals surface area contributed by atoms with Gasteiger partial charge in [-0.05, 0) is 30.3 Å². The lowest BCUT2D eigenvalue weighted by Crippen LogP contribution is -2.39. The summed E-state index contributed by atoms with van der Waals surface area (Å²) in [5, 5.41) is 15.6. The van der Waals surface area contributed by atoms with Gasteiger partial charge in [-0.3, -0.25) is 14.3 Å². The second kappa shape index (κ2) is 7.34. The van der Waals surface area contributed by atoms with Crippen LogP contribution in [0.2, 0.25) is 0 Å². The van der Waals surface area contributed by atoms with E-state index in [1.54, 1.807) is 9.58 Å². The molecule has 0 atom stereocenters. The number of carbonyl (C=O) groups is 3. The third kappa shape index (κ3) is 3.88. The van der Waals surface area contributed by atoms with E-state index in [1.165, 1.54) is 30.3 Å². The number of hydrogen-bond donors (Lipinski definition) is 2. The number of aromatic carboxylic acids is 1. The van der Waals surface area contributed by atoms with Crippen molar-refractivity contribution in [3.05, 3.63) is 53.1 Å². The molecule has 2 amide bonds. The number of halogens is 1. The van der Waals surface area contributed by atoms with E-state index in [-0.39, 0.29) is 37.0 Å². The number of nitrogens with zero attached hydrogens (tertiary/aromatic N) is 3. The summed E-state index contributed by atoms with van der Waals surface area (Å²) in [4.78, 5) is 36.8. The van der Waals surface area contributed by atoms with Crippen molar-refractivity contribution in [2.24, 2.45) is 0 Å². The zero-order valence-electron chi connectivity index (χ0n) is 13.8. The van der Waals surface area contributed by atoms with Gasteiger partial charge in [-0.1, -0.05) is 0 Å². The number of carboxylic acids is 1. The first-order chi connectivity index (χ1) is 12.4. The molecule has 0 aliphatic carbocycles. The van der Waals surface area contributed by atoms with E-state index in [9.17, 15) is 18.8 Å². The Morgan fingerprint density at radius 3 is 2.62 bits per heavy atom.